The van der Waals surface area contributed by atoms with Crippen LogP contribution in [0.15, 0.2) is 110 Å². The fourth-order valence-electron chi connectivity index (χ4n) is 8.04. The lowest BCUT2D eigenvalue weighted by atomic mass is 9.70. The lowest BCUT2D eigenvalue weighted by molar-refractivity contribution is -0.146. The van der Waals surface area contributed by atoms with E-state index in [1.54, 1.807) is 36.4 Å². The highest BCUT2D eigenvalue weighted by Crippen LogP contribution is 2.60. The first-order valence-electron chi connectivity index (χ1n) is 17.7. The second-order valence-electron chi connectivity index (χ2n) is 13.6. The summed E-state index contributed by atoms with van der Waals surface area (Å²) >= 11 is 9.95. The van der Waals surface area contributed by atoms with Crippen molar-refractivity contribution in [2.75, 3.05) is 24.7 Å². The third-order valence-corrected chi connectivity index (χ3v) is 11.5. The third kappa shape index (κ3) is 7.71. The average Bonchev–Trinajstić information content (AvgIpc) is 3.77. The number of hydrogen-bond acceptors (Lipinski definition) is 7. The number of halogens is 2. The van der Waals surface area contributed by atoms with Crippen LogP contribution in [0.1, 0.15) is 36.4 Å². The number of aliphatic hydroxyl groups is 1. The van der Waals surface area contributed by atoms with Crippen LogP contribution in [0.25, 0.3) is 0 Å². The average molecular weight is 805 g/mol. The van der Waals surface area contributed by atoms with Crippen LogP contribution in [-0.2, 0) is 35.1 Å². The highest BCUT2D eigenvalue weighted by atomic mass is 79.9. The first-order chi connectivity index (χ1) is 25.6. The van der Waals surface area contributed by atoms with E-state index in [1.165, 1.54) is 9.80 Å². The molecule has 0 aromatic heterocycles. The minimum atomic E-state index is -1.40. The molecule has 0 radical (unpaired) electrons. The summed E-state index contributed by atoms with van der Waals surface area (Å²) < 4.78 is 12.4. The monoisotopic (exact) mass is 803 g/mol. The van der Waals surface area contributed by atoms with Gasteiger partial charge < -0.3 is 29.7 Å². The van der Waals surface area contributed by atoms with Gasteiger partial charge in [0, 0.05) is 28.5 Å². The van der Waals surface area contributed by atoms with Crippen LogP contribution in [0.5, 0.6) is 0 Å². The van der Waals surface area contributed by atoms with E-state index in [1.807, 2.05) is 60.7 Å². The van der Waals surface area contributed by atoms with Gasteiger partial charge in [0.1, 0.15) is 18.2 Å². The van der Waals surface area contributed by atoms with Gasteiger partial charge in [-0.25, -0.2) is 0 Å². The van der Waals surface area contributed by atoms with Crippen LogP contribution in [-0.4, -0.2) is 82.1 Å². The summed E-state index contributed by atoms with van der Waals surface area (Å²) in [5, 5.41) is 14.4. The Bertz CT molecular complexity index is 1810. The Morgan fingerprint density at radius 2 is 1.74 bits per heavy atom. The van der Waals surface area contributed by atoms with Gasteiger partial charge in [-0.15, -0.1) is 13.2 Å². The van der Waals surface area contributed by atoms with Gasteiger partial charge in [0.15, 0.2) is 0 Å². The number of rotatable bonds is 16. The Morgan fingerprint density at radius 1 is 1.06 bits per heavy atom. The Kier molecular flexibility index (Phi) is 12.2. The number of hydrogen-bond donors (Lipinski definition) is 2. The van der Waals surface area contributed by atoms with Crippen molar-refractivity contribution in [1.82, 2.24) is 10.2 Å². The van der Waals surface area contributed by atoms with Gasteiger partial charge in [-0.1, -0.05) is 100 Å². The van der Waals surface area contributed by atoms with Crippen LogP contribution in [0.2, 0.25) is 5.02 Å². The number of nitrogens with zero attached hydrogens (tertiary/aromatic N) is 2. The van der Waals surface area contributed by atoms with Gasteiger partial charge in [-0.2, -0.15) is 0 Å². The number of alkyl halides is 1. The van der Waals surface area contributed by atoms with Crippen LogP contribution in [0, 0.1) is 11.8 Å². The van der Waals surface area contributed by atoms with Crippen molar-refractivity contribution in [3.05, 3.63) is 126 Å². The topological polar surface area (TPSA) is 125 Å². The van der Waals surface area contributed by atoms with Gasteiger partial charge in [0.05, 0.1) is 36.6 Å². The van der Waals surface area contributed by atoms with Gasteiger partial charge in [-0.3, -0.25) is 19.2 Å². The lowest BCUT2D eigenvalue weighted by Crippen LogP contribution is -2.59. The molecular weight excluding hydrogens is 762 g/mol. The Hall–Kier alpha value is -4.29. The molecule has 3 heterocycles. The molecule has 0 aliphatic carbocycles. The minimum absolute atomic E-state index is 0.123. The molecule has 8 atom stereocenters. The summed E-state index contributed by atoms with van der Waals surface area (Å²) in [6.07, 6.45) is 3.65. The number of amides is 3. The number of allylic oxidation sites excluding steroid dienone is 1. The standard InChI is InChI=1S/C41H43BrClN3O7/c1-3-5-16-33(48)52-25-32(27-14-10-7-11-15-27)44-38(49)34-35-39(50)46(30(24-47)22-26-12-8-6-9-13-26)37(41(35)23-31(42)36(34)53-41)40(51)45(21-4-2)29-19-17-28(43)18-20-29/h3-4,6-15,17-20,30-32,34-37,47H,1-2,5,16,21-25H2,(H,44,49)/t30-,31?,32+,34+,35-,36+,37+,41-/m1/s1. The van der Waals surface area contributed by atoms with Gasteiger partial charge in [0.2, 0.25) is 11.8 Å². The van der Waals surface area contributed by atoms with Crippen LogP contribution in [0.4, 0.5) is 5.69 Å². The molecule has 3 aromatic carbocycles. The molecule has 3 aliphatic rings. The zero-order valence-electron chi connectivity index (χ0n) is 29.2. The quantitative estimate of drug-likeness (QED) is 0.110. The number of likely N-dealkylation sites (tertiary alicyclic amines) is 1. The van der Waals surface area contributed by atoms with Crippen LogP contribution in [0.3, 0.4) is 0 Å². The number of anilines is 1. The summed E-state index contributed by atoms with van der Waals surface area (Å²) in [6.45, 7) is 7.10. The van der Waals surface area contributed by atoms with E-state index in [0.717, 1.165) is 5.56 Å². The number of fused-ring (bicyclic) bond motifs is 1. The molecule has 3 aromatic rings. The zero-order chi connectivity index (χ0) is 37.7. The third-order valence-electron chi connectivity index (χ3n) is 10.4. The highest BCUT2D eigenvalue weighted by Gasteiger charge is 2.77. The Labute approximate surface area is 322 Å². The van der Waals surface area contributed by atoms with Crippen LogP contribution >= 0.6 is 27.5 Å². The molecule has 10 nitrogen and oxygen atoms in total. The Balaban J connectivity index is 1.38. The van der Waals surface area contributed by atoms with E-state index in [9.17, 15) is 19.5 Å². The first kappa shape index (κ1) is 38.4. The molecule has 3 saturated heterocycles. The molecule has 0 saturated carbocycles. The molecule has 2 bridgehead atoms. The fourth-order valence-corrected chi connectivity index (χ4v) is 9.11. The SMILES string of the molecule is C=CCCC(=O)OC[C@H](NC(=O)[C@@H]1[C@H]2O[C@@]3(CC2Br)[C@H](C(=O)N(CC=C)c2ccc(Cl)cc2)N([C@@H](CO)Cc2ccccc2)C(=O)[C@@H]13)c1ccccc1. The minimum Gasteiger partial charge on any atom is -0.463 e. The van der Waals surface area contributed by atoms with Crippen molar-refractivity contribution in [3.63, 3.8) is 0 Å². The van der Waals surface area contributed by atoms with Crippen LogP contribution < -0.4 is 10.2 Å². The summed E-state index contributed by atoms with van der Waals surface area (Å²) in [4.78, 5) is 59.7. The van der Waals surface area contributed by atoms with E-state index in [2.05, 4.69) is 34.4 Å². The second kappa shape index (κ2) is 16.8. The molecule has 278 valence electrons. The van der Waals surface area contributed by atoms with E-state index in [0.29, 0.717) is 22.7 Å². The molecule has 53 heavy (non-hydrogen) atoms. The van der Waals surface area contributed by atoms with Gasteiger partial charge in [-0.05, 0) is 54.7 Å². The normalized spacial score (nSPS) is 25.3. The number of nitrogens with one attached hydrogen (secondary N) is 1. The van der Waals surface area contributed by atoms with E-state index in [4.69, 9.17) is 21.1 Å². The summed E-state index contributed by atoms with van der Waals surface area (Å²) in [6, 6.07) is 22.7. The number of aliphatic hydroxyl groups excluding tert-OH is 1. The summed E-state index contributed by atoms with van der Waals surface area (Å²) in [5.74, 6) is -3.80. The summed E-state index contributed by atoms with van der Waals surface area (Å²) in [7, 11) is 0. The molecule has 3 fully saturated rings. The van der Waals surface area contributed by atoms with E-state index in [-0.39, 0.29) is 37.2 Å². The largest absolute Gasteiger partial charge is 0.463 e. The molecule has 3 aliphatic heterocycles. The first-order valence-corrected chi connectivity index (χ1v) is 19.0. The number of ether oxygens (including phenoxy) is 2. The van der Waals surface area contributed by atoms with Crippen molar-refractivity contribution >= 4 is 56.9 Å². The Morgan fingerprint density at radius 3 is 2.38 bits per heavy atom. The van der Waals surface area contributed by atoms with E-state index < -0.39 is 72.0 Å². The molecular formula is C41H43BrClN3O7. The van der Waals surface area contributed by atoms with Crippen molar-refractivity contribution in [1.29, 1.82) is 0 Å². The molecule has 1 spiro atoms. The van der Waals surface area contributed by atoms with Gasteiger partial charge >= 0.3 is 5.97 Å². The summed E-state index contributed by atoms with van der Waals surface area (Å²) in [5.41, 5.74) is 0.725. The number of carbonyl (C=O) groups excluding carboxylic acids is 4. The van der Waals surface area contributed by atoms with Crippen molar-refractivity contribution < 1.29 is 33.8 Å². The molecule has 6 rings (SSSR count). The van der Waals surface area contributed by atoms with Crippen molar-refractivity contribution in [2.45, 2.75) is 60.3 Å². The van der Waals surface area contributed by atoms with Gasteiger partial charge in [0.25, 0.3) is 5.91 Å². The smallest absolute Gasteiger partial charge is 0.306 e. The predicted octanol–water partition coefficient (Wildman–Crippen LogP) is 5.58. The molecule has 1 unspecified atom stereocenters. The molecule has 3 amide bonds. The number of carbonyl (C=O) groups is 4. The van der Waals surface area contributed by atoms with Crippen molar-refractivity contribution in [3.8, 4) is 0 Å². The zero-order valence-corrected chi connectivity index (χ0v) is 31.5. The number of esters is 1. The molecule has 12 heteroatoms. The predicted molar refractivity (Wildman–Crippen MR) is 205 cm³/mol. The maximum Gasteiger partial charge on any atom is 0.306 e. The second-order valence-corrected chi connectivity index (χ2v) is 15.2. The maximum atomic E-state index is 15.1. The fraction of sp³-hybridized carbons (Fsp3) is 0.366. The maximum absolute atomic E-state index is 15.1. The van der Waals surface area contributed by atoms with Crippen molar-refractivity contribution in [2.24, 2.45) is 11.8 Å². The molecule has 2 N–H and O–H groups in total. The highest BCUT2D eigenvalue weighted by molar-refractivity contribution is 9.09. The van der Waals surface area contributed by atoms with E-state index >= 15 is 4.79 Å². The number of benzene rings is 3. The lowest BCUT2D eigenvalue weighted by Gasteiger charge is -2.39.